The van der Waals surface area contributed by atoms with Crippen LogP contribution in [0.3, 0.4) is 0 Å². The Bertz CT molecular complexity index is 839. The minimum atomic E-state index is -4.59. The van der Waals surface area contributed by atoms with Gasteiger partial charge in [-0.1, -0.05) is 19.4 Å². The van der Waals surface area contributed by atoms with Crippen molar-refractivity contribution in [1.29, 1.82) is 0 Å². The summed E-state index contributed by atoms with van der Waals surface area (Å²) >= 11 is 0. The van der Waals surface area contributed by atoms with E-state index in [1.807, 2.05) is 13.8 Å². The van der Waals surface area contributed by atoms with Gasteiger partial charge in [0.2, 0.25) is 0 Å². The van der Waals surface area contributed by atoms with Crippen LogP contribution in [0.25, 0.3) is 0 Å². The number of aromatic nitrogens is 2. The van der Waals surface area contributed by atoms with E-state index in [2.05, 4.69) is 9.97 Å². The molecular formula is C22H28F3N3O2. The van der Waals surface area contributed by atoms with E-state index < -0.39 is 11.7 Å². The molecule has 0 aliphatic heterocycles. The highest BCUT2D eigenvalue weighted by Gasteiger charge is 2.37. The van der Waals surface area contributed by atoms with Crippen LogP contribution in [0.2, 0.25) is 0 Å². The molecule has 1 unspecified atom stereocenters. The molecule has 0 bridgehead atoms. The Morgan fingerprint density at radius 3 is 2.60 bits per heavy atom. The monoisotopic (exact) mass is 423 g/mol. The van der Waals surface area contributed by atoms with Gasteiger partial charge in [0.15, 0.2) is 5.82 Å². The molecule has 5 nitrogen and oxygen atoms in total. The normalized spacial score (nSPS) is 16.2. The molecule has 8 heteroatoms. The van der Waals surface area contributed by atoms with Gasteiger partial charge in [0.1, 0.15) is 17.4 Å². The Balaban J connectivity index is 1.91. The van der Waals surface area contributed by atoms with E-state index >= 15 is 0 Å². The highest BCUT2D eigenvalue weighted by atomic mass is 19.4. The van der Waals surface area contributed by atoms with Crippen LogP contribution in [0.15, 0.2) is 30.5 Å². The molecule has 0 amide bonds. The molecular weight excluding hydrogens is 395 g/mol. The Labute approximate surface area is 175 Å². The van der Waals surface area contributed by atoms with Crippen molar-refractivity contribution >= 4 is 11.5 Å². The maximum Gasteiger partial charge on any atom is 0.421 e. The topological polar surface area (TPSA) is 47.5 Å². The first-order valence-electron chi connectivity index (χ1n) is 10.4. The van der Waals surface area contributed by atoms with Crippen LogP contribution in [-0.4, -0.2) is 29.2 Å². The van der Waals surface area contributed by atoms with Crippen LogP contribution in [0.5, 0.6) is 11.8 Å². The number of alkyl halides is 3. The van der Waals surface area contributed by atoms with Gasteiger partial charge in [-0.25, -0.2) is 4.98 Å². The summed E-state index contributed by atoms with van der Waals surface area (Å²) in [4.78, 5) is 9.38. The number of benzene rings is 1. The Kier molecular flexibility index (Phi) is 7.05. The van der Waals surface area contributed by atoms with Gasteiger partial charge in [0.25, 0.3) is 0 Å². The lowest BCUT2D eigenvalue weighted by Gasteiger charge is -2.25. The minimum Gasteiger partial charge on any atom is -0.491 e. The van der Waals surface area contributed by atoms with Crippen molar-refractivity contribution in [3.8, 4) is 11.8 Å². The summed E-state index contributed by atoms with van der Waals surface area (Å²) in [5.74, 6) is 0.346. The summed E-state index contributed by atoms with van der Waals surface area (Å²) in [5.41, 5.74) is -0.377. The fourth-order valence-electron chi connectivity index (χ4n) is 3.41. The summed E-state index contributed by atoms with van der Waals surface area (Å²) in [6.07, 6.45) is 1.96. The predicted molar refractivity (Wildman–Crippen MR) is 109 cm³/mol. The molecule has 164 valence electrons. The van der Waals surface area contributed by atoms with Crippen molar-refractivity contribution in [3.05, 3.63) is 36.0 Å². The molecule has 0 radical (unpaired) electrons. The third-order valence-electron chi connectivity index (χ3n) is 5.31. The van der Waals surface area contributed by atoms with Gasteiger partial charge in [0, 0.05) is 25.0 Å². The van der Waals surface area contributed by atoms with Crippen molar-refractivity contribution in [2.45, 2.75) is 70.8 Å². The molecule has 0 spiro atoms. The number of halogens is 3. The SMILES string of the molecule is CCC(C)Oc1cccc(N(C)c2nc(OC3CCCCC3)ncc2C(F)(F)F)c1. The van der Waals surface area contributed by atoms with Crippen molar-refractivity contribution < 1.29 is 22.6 Å². The third kappa shape index (κ3) is 5.55. The highest BCUT2D eigenvalue weighted by Crippen LogP contribution is 2.38. The van der Waals surface area contributed by atoms with E-state index in [1.165, 1.54) is 4.90 Å². The zero-order chi connectivity index (χ0) is 21.7. The molecule has 1 aliphatic rings. The number of hydrogen-bond donors (Lipinski definition) is 0. The summed E-state index contributed by atoms with van der Waals surface area (Å²) in [7, 11) is 1.55. The van der Waals surface area contributed by atoms with Gasteiger partial charge < -0.3 is 14.4 Å². The maximum atomic E-state index is 13.6. The van der Waals surface area contributed by atoms with Crippen LogP contribution in [0.1, 0.15) is 57.9 Å². The van der Waals surface area contributed by atoms with Gasteiger partial charge in [-0.15, -0.1) is 0 Å². The van der Waals surface area contributed by atoms with Crippen molar-refractivity contribution in [2.75, 3.05) is 11.9 Å². The second-order valence-electron chi connectivity index (χ2n) is 7.66. The number of rotatable bonds is 7. The smallest absolute Gasteiger partial charge is 0.421 e. The first kappa shape index (κ1) is 22.2. The summed E-state index contributed by atoms with van der Waals surface area (Å²) in [6, 6.07) is 6.93. The number of ether oxygens (including phenoxy) is 2. The first-order chi connectivity index (χ1) is 14.3. The van der Waals surface area contributed by atoms with E-state index in [4.69, 9.17) is 9.47 Å². The van der Waals surface area contributed by atoms with Crippen molar-refractivity contribution in [2.24, 2.45) is 0 Å². The van der Waals surface area contributed by atoms with Gasteiger partial charge >= 0.3 is 12.2 Å². The molecule has 2 aromatic rings. The zero-order valence-electron chi connectivity index (χ0n) is 17.6. The average molecular weight is 423 g/mol. The van der Waals surface area contributed by atoms with Gasteiger partial charge in [-0.3, -0.25) is 0 Å². The Morgan fingerprint density at radius 2 is 1.93 bits per heavy atom. The minimum absolute atomic E-state index is 0.00541. The Morgan fingerprint density at radius 1 is 1.20 bits per heavy atom. The molecule has 1 aromatic heterocycles. The van der Waals surface area contributed by atoms with E-state index in [1.54, 1.807) is 31.3 Å². The molecule has 1 fully saturated rings. The molecule has 1 aromatic carbocycles. The predicted octanol–water partition coefficient (Wildman–Crippen LogP) is 6.15. The summed E-state index contributed by atoms with van der Waals surface area (Å²) in [5, 5.41) is 0. The summed E-state index contributed by atoms with van der Waals surface area (Å²) < 4.78 is 52.5. The first-order valence-corrected chi connectivity index (χ1v) is 10.4. The quantitative estimate of drug-likeness (QED) is 0.534. The van der Waals surface area contributed by atoms with Crippen LogP contribution >= 0.6 is 0 Å². The molecule has 0 N–H and O–H groups in total. The molecule has 1 atom stereocenters. The molecule has 1 heterocycles. The Hall–Kier alpha value is -2.51. The fourth-order valence-corrected chi connectivity index (χ4v) is 3.41. The van der Waals surface area contributed by atoms with Gasteiger partial charge in [-0.05, 0) is 51.2 Å². The molecule has 0 saturated heterocycles. The lowest BCUT2D eigenvalue weighted by molar-refractivity contribution is -0.137. The molecule has 1 saturated carbocycles. The highest BCUT2D eigenvalue weighted by molar-refractivity contribution is 5.64. The largest absolute Gasteiger partial charge is 0.491 e. The van der Waals surface area contributed by atoms with Crippen LogP contribution in [0.4, 0.5) is 24.7 Å². The lowest BCUT2D eigenvalue weighted by Crippen LogP contribution is -2.23. The second-order valence-corrected chi connectivity index (χ2v) is 7.66. The second kappa shape index (κ2) is 9.53. The van der Waals surface area contributed by atoms with E-state index in [9.17, 15) is 13.2 Å². The van der Waals surface area contributed by atoms with E-state index in [0.717, 1.165) is 44.7 Å². The third-order valence-corrected chi connectivity index (χ3v) is 5.31. The summed E-state index contributed by atoms with van der Waals surface area (Å²) in [6.45, 7) is 3.95. The van der Waals surface area contributed by atoms with Crippen molar-refractivity contribution in [3.63, 3.8) is 0 Å². The van der Waals surface area contributed by atoms with E-state index in [-0.39, 0.29) is 24.0 Å². The van der Waals surface area contributed by atoms with Crippen molar-refractivity contribution in [1.82, 2.24) is 9.97 Å². The standard InChI is InChI=1S/C22H28F3N3O2/c1-4-15(2)29-18-12-8-9-16(13-18)28(3)20-19(22(23,24)25)14-26-21(27-20)30-17-10-6-5-7-11-17/h8-9,12-15,17H,4-7,10-11H2,1-3H3. The van der Waals surface area contributed by atoms with E-state index in [0.29, 0.717) is 11.4 Å². The van der Waals surface area contributed by atoms with Crippen LogP contribution in [-0.2, 0) is 6.18 Å². The fraction of sp³-hybridized carbons (Fsp3) is 0.545. The number of anilines is 2. The average Bonchev–Trinajstić information content (AvgIpc) is 2.73. The number of nitrogens with zero attached hydrogens (tertiary/aromatic N) is 3. The molecule has 30 heavy (non-hydrogen) atoms. The lowest BCUT2D eigenvalue weighted by atomic mass is 9.98. The van der Waals surface area contributed by atoms with Gasteiger partial charge in [-0.2, -0.15) is 18.2 Å². The molecule has 1 aliphatic carbocycles. The maximum absolute atomic E-state index is 13.6. The number of hydrogen-bond acceptors (Lipinski definition) is 5. The molecule has 3 rings (SSSR count). The van der Waals surface area contributed by atoms with Gasteiger partial charge in [0.05, 0.1) is 6.10 Å². The zero-order valence-corrected chi connectivity index (χ0v) is 17.6. The van der Waals surface area contributed by atoms with Crippen LogP contribution in [0, 0.1) is 0 Å². The van der Waals surface area contributed by atoms with Crippen LogP contribution < -0.4 is 14.4 Å².